The molecule has 0 amide bonds. The number of carbonyl (C=O) groups excluding carboxylic acids is 1. The first-order chi connectivity index (χ1) is 14.3. The maximum Gasteiger partial charge on any atom is 0.349 e. The van der Waals surface area contributed by atoms with Crippen LogP contribution in [-0.4, -0.2) is 42.2 Å². The van der Waals surface area contributed by atoms with E-state index in [0.29, 0.717) is 21.1 Å². The third-order valence-electron chi connectivity index (χ3n) is 4.19. The summed E-state index contributed by atoms with van der Waals surface area (Å²) in [5.41, 5.74) is -0.380. The highest BCUT2D eigenvalue weighted by molar-refractivity contribution is 6.32. The van der Waals surface area contributed by atoms with Gasteiger partial charge in [0.2, 0.25) is 0 Å². The van der Waals surface area contributed by atoms with Gasteiger partial charge >= 0.3 is 11.7 Å². The number of ether oxygens (including phenoxy) is 3. The average Bonchev–Trinajstić information content (AvgIpc) is 2.74. The van der Waals surface area contributed by atoms with Gasteiger partial charge in [-0.3, -0.25) is 4.79 Å². The fourth-order valence-electron chi connectivity index (χ4n) is 2.70. The van der Waals surface area contributed by atoms with Crippen LogP contribution in [0.25, 0.3) is 10.9 Å². The zero-order chi connectivity index (χ0) is 21.8. The van der Waals surface area contributed by atoms with Crippen molar-refractivity contribution in [1.82, 2.24) is 9.66 Å². The SMILES string of the molecule is COC(=O)[C@H](C)Oc1c(Cl)cc(C=Nn2c(=O)[nH]c3ccccc3c2=O)cc1OC. The molecule has 0 aliphatic carbocycles. The third-order valence-corrected chi connectivity index (χ3v) is 4.47. The molecule has 1 heterocycles. The van der Waals surface area contributed by atoms with E-state index in [4.69, 9.17) is 21.1 Å². The zero-order valence-electron chi connectivity index (χ0n) is 16.3. The first-order valence-corrected chi connectivity index (χ1v) is 9.14. The lowest BCUT2D eigenvalue weighted by molar-refractivity contribution is -0.147. The standard InChI is InChI=1S/C20H18ClN3O6/c1-11(19(26)29-3)30-17-14(21)8-12(9-16(17)28-2)10-22-24-18(25)13-6-4-5-7-15(13)23-20(24)27/h4-11H,1-3H3,(H,23,27)/t11-/m0/s1. The first kappa shape index (κ1) is 21.1. The Kier molecular flexibility index (Phi) is 6.22. The quantitative estimate of drug-likeness (QED) is 0.473. The summed E-state index contributed by atoms with van der Waals surface area (Å²) in [6, 6.07) is 9.65. The number of nitrogens with zero attached hydrogens (tertiary/aromatic N) is 2. The van der Waals surface area contributed by atoms with Gasteiger partial charge in [-0.1, -0.05) is 23.7 Å². The Bertz CT molecular complexity index is 1250. The number of hydrogen-bond acceptors (Lipinski definition) is 7. The number of nitrogens with one attached hydrogen (secondary N) is 1. The molecule has 0 spiro atoms. The van der Waals surface area contributed by atoms with E-state index >= 15 is 0 Å². The van der Waals surface area contributed by atoms with Gasteiger partial charge in [-0.25, -0.2) is 9.59 Å². The summed E-state index contributed by atoms with van der Waals surface area (Å²) in [5, 5.41) is 4.45. The maximum atomic E-state index is 12.5. The molecule has 0 radical (unpaired) electrons. The molecule has 0 bridgehead atoms. The summed E-state index contributed by atoms with van der Waals surface area (Å²) in [6.45, 7) is 1.51. The van der Waals surface area contributed by atoms with Crippen molar-refractivity contribution in [2.75, 3.05) is 14.2 Å². The van der Waals surface area contributed by atoms with Crippen LogP contribution in [0.3, 0.4) is 0 Å². The number of esters is 1. The number of fused-ring (bicyclic) bond motifs is 1. The van der Waals surface area contributed by atoms with Crippen LogP contribution in [0.4, 0.5) is 0 Å². The number of carbonyl (C=O) groups is 1. The molecular weight excluding hydrogens is 414 g/mol. The van der Waals surface area contributed by atoms with Gasteiger partial charge in [-0.05, 0) is 36.8 Å². The van der Waals surface area contributed by atoms with Crippen LogP contribution in [0, 0.1) is 0 Å². The Morgan fingerprint density at radius 3 is 2.67 bits per heavy atom. The van der Waals surface area contributed by atoms with Crippen molar-refractivity contribution in [2.24, 2.45) is 5.10 Å². The topological polar surface area (TPSA) is 112 Å². The van der Waals surface area contributed by atoms with Crippen molar-refractivity contribution in [3.05, 3.63) is 67.8 Å². The fraction of sp³-hybridized carbons (Fsp3) is 0.200. The van der Waals surface area contributed by atoms with Crippen molar-refractivity contribution in [1.29, 1.82) is 0 Å². The molecule has 0 aliphatic heterocycles. The number of hydrogen-bond donors (Lipinski definition) is 1. The van der Waals surface area contributed by atoms with E-state index in [0.717, 1.165) is 0 Å². The van der Waals surface area contributed by atoms with Gasteiger partial charge in [0, 0.05) is 0 Å². The van der Waals surface area contributed by atoms with Crippen molar-refractivity contribution in [3.63, 3.8) is 0 Å². The molecule has 156 valence electrons. The Morgan fingerprint density at radius 2 is 1.97 bits per heavy atom. The van der Waals surface area contributed by atoms with Crippen LogP contribution in [0.5, 0.6) is 11.5 Å². The molecule has 9 nitrogen and oxygen atoms in total. The van der Waals surface area contributed by atoms with Crippen molar-refractivity contribution >= 4 is 34.7 Å². The van der Waals surface area contributed by atoms with Gasteiger partial charge in [-0.2, -0.15) is 5.10 Å². The molecule has 0 aliphatic rings. The van der Waals surface area contributed by atoms with Crippen LogP contribution < -0.4 is 20.7 Å². The van der Waals surface area contributed by atoms with E-state index in [2.05, 4.69) is 14.8 Å². The number of methoxy groups -OCH3 is 2. The molecule has 10 heteroatoms. The summed E-state index contributed by atoms with van der Waals surface area (Å²) in [5.74, 6) is -0.192. The van der Waals surface area contributed by atoms with Gasteiger partial charge in [0.1, 0.15) is 0 Å². The van der Waals surface area contributed by atoms with Crippen molar-refractivity contribution < 1.29 is 19.0 Å². The minimum Gasteiger partial charge on any atom is -0.493 e. The van der Waals surface area contributed by atoms with E-state index in [-0.39, 0.29) is 16.5 Å². The van der Waals surface area contributed by atoms with E-state index in [1.807, 2.05) is 0 Å². The van der Waals surface area contributed by atoms with E-state index < -0.39 is 23.3 Å². The highest BCUT2D eigenvalue weighted by Crippen LogP contribution is 2.36. The predicted molar refractivity (Wildman–Crippen MR) is 112 cm³/mol. The van der Waals surface area contributed by atoms with Gasteiger partial charge in [0.15, 0.2) is 17.6 Å². The molecule has 0 saturated heterocycles. The molecule has 1 atom stereocenters. The van der Waals surface area contributed by atoms with Crippen LogP contribution in [0.1, 0.15) is 12.5 Å². The molecule has 1 N–H and O–H groups in total. The first-order valence-electron chi connectivity index (χ1n) is 8.76. The fourth-order valence-corrected chi connectivity index (χ4v) is 2.97. The number of halogens is 1. The number of aromatic amines is 1. The highest BCUT2D eigenvalue weighted by Gasteiger charge is 2.20. The smallest absolute Gasteiger partial charge is 0.349 e. The van der Waals surface area contributed by atoms with Gasteiger partial charge in [-0.15, -0.1) is 4.68 Å². The van der Waals surface area contributed by atoms with E-state index in [1.54, 1.807) is 24.3 Å². The second-order valence-electron chi connectivity index (χ2n) is 6.15. The Morgan fingerprint density at radius 1 is 1.23 bits per heavy atom. The maximum absolute atomic E-state index is 12.5. The molecule has 1 aromatic heterocycles. The lowest BCUT2D eigenvalue weighted by atomic mass is 10.2. The highest BCUT2D eigenvalue weighted by atomic mass is 35.5. The Balaban J connectivity index is 1.98. The zero-order valence-corrected chi connectivity index (χ0v) is 17.1. The minimum atomic E-state index is -0.907. The monoisotopic (exact) mass is 431 g/mol. The summed E-state index contributed by atoms with van der Waals surface area (Å²) in [6.07, 6.45) is 0.378. The molecule has 0 saturated carbocycles. The number of H-pyrrole nitrogens is 1. The summed E-state index contributed by atoms with van der Waals surface area (Å²) < 4.78 is 16.2. The normalized spacial score (nSPS) is 12.1. The van der Waals surface area contributed by atoms with Gasteiger partial charge in [0.05, 0.1) is 36.4 Å². The molecule has 0 unspecified atom stereocenters. The van der Waals surface area contributed by atoms with Crippen LogP contribution in [0.2, 0.25) is 5.02 Å². The Labute approximate surface area is 175 Å². The summed E-state index contributed by atoms with van der Waals surface area (Å²) >= 11 is 6.27. The van der Waals surface area contributed by atoms with Gasteiger partial charge < -0.3 is 19.2 Å². The molecule has 2 aromatic carbocycles. The molecule has 3 aromatic rings. The van der Waals surface area contributed by atoms with Crippen molar-refractivity contribution in [3.8, 4) is 11.5 Å². The number of rotatable bonds is 6. The van der Waals surface area contributed by atoms with Crippen LogP contribution >= 0.6 is 11.6 Å². The Hall–Kier alpha value is -3.59. The van der Waals surface area contributed by atoms with E-state index in [1.165, 1.54) is 39.5 Å². The van der Waals surface area contributed by atoms with Crippen LogP contribution in [-0.2, 0) is 9.53 Å². The van der Waals surface area contributed by atoms with Gasteiger partial charge in [0.25, 0.3) is 5.56 Å². The third kappa shape index (κ3) is 4.20. The number of benzene rings is 2. The minimum absolute atomic E-state index is 0.145. The largest absolute Gasteiger partial charge is 0.493 e. The molecular formula is C20H18ClN3O6. The second-order valence-corrected chi connectivity index (χ2v) is 6.56. The number of aromatic nitrogens is 2. The molecule has 3 rings (SSSR count). The number of para-hydroxylation sites is 1. The summed E-state index contributed by atoms with van der Waals surface area (Å²) in [4.78, 5) is 38.9. The van der Waals surface area contributed by atoms with E-state index in [9.17, 15) is 14.4 Å². The summed E-state index contributed by atoms with van der Waals surface area (Å²) in [7, 11) is 2.65. The van der Waals surface area contributed by atoms with Crippen LogP contribution in [0.15, 0.2) is 51.1 Å². The lowest BCUT2D eigenvalue weighted by Gasteiger charge is -2.16. The lowest BCUT2D eigenvalue weighted by Crippen LogP contribution is -2.32. The average molecular weight is 432 g/mol. The van der Waals surface area contributed by atoms with Crippen molar-refractivity contribution in [2.45, 2.75) is 13.0 Å². The second kappa shape index (κ2) is 8.83. The molecule has 0 fully saturated rings. The predicted octanol–water partition coefficient (Wildman–Crippen LogP) is 2.17. The molecule has 30 heavy (non-hydrogen) atoms.